The van der Waals surface area contributed by atoms with Crippen molar-refractivity contribution in [2.75, 3.05) is 72.9 Å². The number of nitrogens with zero attached hydrogens (tertiary/aromatic N) is 1. The molecule has 0 radical (unpaired) electrons. The second-order valence-corrected chi connectivity index (χ2v) is 10.2. The molecule has 3 N–H and O–H groups in total. The van der Waals surface area contributed by atoms with E-state index in [2.05, 4.69) is 33.9 Å². The van der Waals surface area contributed by atoms with Gasteiger partial charge in [0.2, 0.25) is 0 Å². The monoisotopic (exact) mass is 531 g/mol. The maximum absolute atomic E-state index is 5.45. The van der Waals surface area contributed by atoms with Gasteiger partial charge in [0.1, 0.15) is 5.75 Å². The number of ether oxygens (including phenoxy) is 4. The Morgan fingerprint density at radius 1 is 0.811 bits per heavy atom. The molecule has 0 bridgehead atoms. The third-order valence-corrected chi connectivity index (χ3v) is 7.40. The second kappa shape index (κ2) is 18.6. The summed E-state index contributed by atoms with van der Waals surface area (Å²) in [4.78, 5) is 3.85. The van der Waals surface area contributed by atoms with Crippen LogP contribution in [0.4, 0.5) is 0 Å². The molecule has 0 spiro atoms. The summed E-state index contributed by atoms with van der Waals surface area (Å²) < 4.78 is 24.3. The highest BCUT2D eigenvalue weighted by atomic mass is 32.2. The summed E-state index contributed by atoms with van der Waals surface area (Å²) in [5.74, 6) is 0.862. The van der Waals surface area contributed by atoms with Crippen molar-refractivity contribution >= 4 is 11.9 Å². The van der Waals surface area contributed by atoms with Crippen LogP contribution in [0.3, 0.4) is 0 Å². The Bertz CT molecular complexity index is 824. The lowest BCUT2D eigenvalue weighted by Gasteiger charge is -2.32. The van der Waals surface area contributed by atoms with E-state index in [0.717, 1.165) is 23.2 Å². The number of nitrogens with two attached hydrogens (primary N) is 1. The zero-order valence-corrected chi connectivity index (χ0v) is 23.2. The number of fused-ring (bicyclic) bond motifs is 1. The average molecular weight is 532 g/mol. The highest BCUT2D eigenvalue weighted by Gasteiger charge is 2.26. The molecule has 1 aliphatic heterocycles. The van der Waals surface area contributed by atoms with E-state index in [4.69, 9.17) is 24.7 Å². The van der Waals surface area contributed by atoms with Crippen molar-refractivity contribution in [3.05, 3.63) is 59.7 Å². The Labute approximate surface area is 227 Å². The SMILES string of the molecule is COc1ccc(SNCCOCCOCCOCCN)cc1.c1ccc2c(c1)CC(N1CCCCC1)C2. The molecule has 7 nitrogen and oxygen atoms in total. The molecule has 2 aromatic carbocycles. The van der Waals surface area contributed by atoms with E-state index in [1.165, 1.54) is 45.2 Å². The molecule has 8 heteroatoms. The van der Waals surface area contributed by atoms with E-state index in [-0.39, 0.29) is 0 Å². The van der Waals surface area contributed by atoms with Gasteiger partial charge in [0, 0.05) is 24.0 Å². The van der Waals surface area contributed by atoms with Crippen LogP contribution in [-0.4, -0.2) is 83.9 Å². The number of hydrogen-bond donors (Lipinski definition) is 2. The molecule has 0 aromatic heterocycles. The number of piperidine rings is 1. The van der Waals surface area contributed by atoms with Gasteiger partial charge in [-0.15, -0.1) is 0 Å². The van der Waals surface area contributed by atoms with Crippen LogP contribution in [0.15, 0.2) is 53.4 Å². The van der Waals surface area contributed by atoms with Crippen LogP contribution < -0.4 is 15.2 Å². The fourth-order valence-corrected chi connectivity index (χ4v) is 5.22. The first-order valence-corrected chi connectivity index (χ1v) is 14.4. The number of likely N-dealkylation sites (tertiary alicyclic amines) is 1. The van der Waals surface area contributed by atoms with Gasteiger partial charge in [-0.25, -0.2) is 0 Å². The summed E-state index contributed by atoms with van der Waals surface area (Å²) >= 11 is 1.58. The van der Waals surface area contributed by atoms with Gasteiger partial charge in [0.15, 0.2) is 0 Å². The van der Waals surface area contributed by atoms with E-state index in [0.29, 0.717) is 46.2 Å². The number of benzene rings is 2. The van der Waals surface area contributed by atoms with Gasteiger partial charge < -0.3 is 24.7 Å². The minimum atomic E-state index is 0.546. The normalized spacial score (nSPS) is 15.7. The number of hydrogen-bond acceptors (Lipinski definition) is 8. The van der Waals surface area contributed by atoms with Gasteiger partial charge in [-0.05, 0) is 86.1 Å². The lowest BCUT2D eigenvalue weighted by molar-refractivity contribution is 0.0172. The number of nitrogens with one attached hydrogen (secondary N) is 1. The standard InChI is InChI=1S/C15H26N2O4S.C14H19N/c1-18-14-2-4-15(5-3-14)22-17-7-9-20-11-13-21-12-10-19-8-6-16;1-4-8-15(9-5-1)14-10-12-6-2-3-7-13(12)11-14/h2-5,17H,6-13,16H2,1H3;2-3,6-7,14H,1,4-5,8-11H2. The highest BCUT2D eigenvalue weighted by Crippen LogP contribution is 2.27. The largest absolute Gasteiger partial charge is 0.497 e. The predicted octanol–water partition coefficient (Wildman–Crippen LogP) is 3.94. The van der Waals surface area contributed by atoms with Crippen molar-refractivity contribution in [1.29, 1.82) is 0 Å². The zero-order chi connectivity index (χ0) is 26.0. The first-order valence-electron chi connectivity index (χ1n) is 13.6. The van der Waals surface area contributed by atoms with E-state index >= 15 is 0 Å². The Balaban J connectivity index is 0.000000218. The lowest BCUT2D eigenvalue weighted by atomic mass is 10.1. The first-order chi connectivity index (χ1) is 18.3. The van der Waals surface area contributed by atoms with Crippen molar-refractivity contribution in [1.82, 2.24) is 9.62 Å². The summed E-state index contributed by atoms with van der Waals surface area (Å²) in [6.45, 7) is 7.54. The fourth-order valence-electron chi connectivity index (χ4n) is 4.59. The maximum atomic E-state index is 5.45. The summed E-state index contributed by atoms with van der Waals surface area (Å²) in [5.41, 5.74) is 8.48. The molecule has 37 heavy (non-hydrogen) atoms. The summed E-state index contributed by atoms with van der Waals surface area (Å²) in [7, 11) is 1.66. The zero-order valence-electron chi connectivity index (χ0n) is 22.4. The van der Waals surface area contributed by atoms with Crippen molar-refractivity contribution in [2.24, 2.45) is 5.73 Å². The molecule has 1 saturated heterocycles. The van der Waals surface area contributed by atoms with Crippen LogP contribution in [0.1, 0.15) is 30.4 Å². The smallest absolute Gasteiger partial charge is 0.118 e. The Kier molecular flexibility index (Phi) is 15.0. The van der Waals surface area contributed by atoms with Crippen LogP contribution >= 0.6 is 11.9 Å². The molecule has 206 valence electrons. The molecule has 2 aliphatic rings. The van der Waals surface area contributed by atoms with E-state index in [9.17, 15) is 0 Å². The average Bonchev–Trinajstić information content (AvgIpc) is 3.39. The van der Waals surface area contributed by atoms with Gasteiger partial charge in [0.05, 0.1) is 46.8 Å². The van der Waals surface area contributed by atoms with E-state index in [1.54, 1.807) is 30.2 Å². The summed E-state index contributed by atoms with van der Waals surface area (Å²) in [5, 5.41) is 0. The van der Waals surface area contributed by atoms with Crippen LogP contribution in [0, 0.1) is 0 Å². The molecule has 1 fully saturated rings. The summed E-state index contributed by atoms with van der Waals surface area (Å²) in [6.07, 6.45) is 6.84. The van der Waals surface area contributed by atoms with Gasteiger partial charge >= 0.3 is 0 Å². The van der Waals surface area contributed by atoms with Gasteiger partial charge in [-0.1, -0.05) is 30.7 Å². The second-order valence-electron chi connectivity index (χ2n) is 9.23. The molecule has 4 rings (SSSR count). The molecule has 0 saturated carbocycles. The molecule has 1 aliphatic carbocycles. The van der Waals surface area contributed by atoms with Crippen molar-refractivity contribution in [2.45, 2.75) is 43.0 Å². The molecule has 0 atom stereocenters. The molecular weight excluding hydrogens is 486 g/mol. The van der Waals surface area contributed by atoms with E-state index < -0.39 is 0 Å². The Morgan fingerprint density at radius 3 is 2.00 bits per heavy atom. The first kappa shape index (κ1) is 29.9. The predicted molar refractivity (Wildman–Crippen MR) is 151 cm³/mol. The minimum absolute atomic E-state index is 0.546. The minimum Gasteiger partial charge on any atom is -0.497 e. The Morgan fingerprint density at radius 2 is 1.41 bits per heavy atom. The van der Waals surface area contributed by atoms with Gasteiger partial charge in [-0.2, -0.15) is 0 Å². The number of rotatable bonds is 15. The topological polar surface area (TPSA) is 78.2 Å². The third kappa shape index (κ3) is 11.7. The van der Waals surface area contributed by atoms with Crippen LogP contribution in [0.2, 0.25) is 0 Å². The van der Waals surface area contributed by atoms with Crippen molar-refractivity contribution in [3.63, 3.8) is 0 Å². The third-order valence-electron chi connectivity index (χ3n) is 6.54. The quantitative estimate of drug-likeness (QED) is 0.264. The maximum Gasteiger partial charge on any atom is 0.118 e. The molecular formula is C29H45N3O4S. The Hall–Kier alpha value is -1.65. The molecule has 0 unspecified atom stereocenters. The molecule has 0 amide bonds. The number of methoxy groups -OCH3 is 1. The van der Waals surface area contributed by atoms with Crippen molar-refractivity contribution in [3.8, 4) is 5.75 Å². The van der Waals surface area contributed by atoms with Crippen LogP contribution in [-0.2, 0) is 27.1 Å². The molecule has 1 heterocycles. The van der Waals surface area contributed by atoms with Crippen LogP contribution in [0.25, 0.3) is 0 Å². The molecule has 2 aromatic rings. The summed E-state index contributed by atoms with van der Waals surface area (Å²) in [6, 6.07) is 17.7. The van der Waals surface area contributed by atoms with Crippen molar-refractivity contribution < 1.29 is 18.9 Å². The lowest BCUT2D eigenvalue weighted by Crippen LogP contribution is -2.39. The van der Waals surface area contributed by atoms with Gasteiger partial charge in [-0.3, -0.25) is 9.62 Å². The van der Waals surface area contributed by atoms with E-state index in [1.807, 2.05) is 24.3 Å². The highest BCUT2D eigenvalue weighted by molar-refractivity contribution is 7.97. The fraction of sp³-hybridized carbons (Fsp3) is 0.586. The van der Waals surface area contributed by atoms with Gasteiger partial charge in [0.25, 0.3) is 0 Å². The van der Waals surface area contributed by atoms with Crippen LogP contribution in [0.5, 0.6) is 5.75 Å².